The minimum Gasteiger partial charge on any atom is -0.350 e. The maximum atomic E-state index is 12.4. The highest BCUT2D eigenvalue weighted by Gasteiger charge is 2.24. The second kappa shape index (κ2) is 7.44. The summed E-state index contributed by atoms with van der Waals surface area (Å²) in [5, 5.41) is 3.15. The van der Waals surface area contributed by atoms with Gasteiger partial charge in [0.25, 0.3) is 5.56 Å². The fourth-order valence-electron chi connectivity index (χ4n) is 3.36. The summed E-state index contributed by atoms with van der Waals surface area (Å²) in [5.41, 5.74) is 0.751. The van der Waals surface area contributed by atoms with E-state index in [4.69, 9.17) is 0 Å². The molecule has 0 radical (unpaired) electrons. The van der Waals surface area contributed by atoms with Crippen LogP contribution in [0.2, 0.25) is 0 Å². The second-order valence-electron chi connectivity index (χ2n) is 6.33. The number of anilines is 1. The van der Waals surface area contributed by atoms with Crippen molar-refractivity contribution in [2.75, 3.05) is 18.0 Å². The zero-order chi connectivity index (χ0) is 16.1. The Kier molecular flexibility index (Phi) is 5.10. The summed E-state index contributed by atoms with van der Waals surface area (Å²) in [6.45, 7) is 1.44. The Labute approximate surface area is 136 Å². The summed E-state index contributed by atoms with van der Waals surface area (Å²) in [5.74, 6) is 0.508. The number of hydrogen-bond donors (Lipinski definition) is 2. The maximum absolute atomic E-state index is 12.4. The Morgan fingerprint density at radius 2 is 2.22 bits per heavy atom. The lowest BCUT2D eigenvalue weighted by Gasteiger charge is -2.33. The van der Waals surface area contributed by atoms with Crippen molar-refractivity contribution in [3.63, 3.8) is 0 Å². The number of piperidine rings is 1. The number of aromatic nitrogens is 2. The molecule has 1 aliphatic heterocycles. The van der Waals surface area contributed by atoms with Crippen molar-refractivity contribution in [1.82, 2.24) is 15.3 Å². The molecule has 0 saturated carbocycles. The fraction of sp³-hybridized carbons (Fsp3) is 0.588. The third-order valence-electron chi connectivity index (χ3n) is 4.58. The molecule has 0 spiro atoms. The number of H-pyrrole nitrogens is 1. The molecule has 124 valence electrons. The molecular weight excluding hydrogens is 292 g/mol. The van der Waals surface area contributed by atoms with E-state index in [0.717, 1.165) is 44.2 Å². The predicted octanol–water partition coefficient (Wildman–Crippen LogP) is 1.75. The first-order valence-electron chi connectivity index (χ1n) is 8.52. The molecule has 1 fully saturated rings. The van der Waals surface area contributed by atoms with Crippen molar-refractivity contribution in [3.8, 4) is 0 Å². The zero-order valence-electron chi connectivity index (χ0n) is 13.4. The fourth-order valence-corrected chi connectivity index (χ4v) is 3.36. The van der Waals surface area contributed by atoms with Gasteiger partial charge in [-0.3, -0.25) is 9.59 Å². The summed E-state index contributed by atoms with van der Waals surface area (Å²) < 4.78 is 0. The lowest BCUT2D eigenvalue weighted by atomic mass is 10.0. The predicted molar refractivity (Wildman–Crippen MR) is 89.4 cm³/mol. The number of amides is 1. The first kappa shape index (κ1) is 15.8. The normalized spacial score (nSPS) is 22.2. The van der Waals surface area contributed by atoms with E-state index >= 15 is 0 Å². The van der Waals surface area contributed by atoms with Crippen LogP contribution in [0.5, 0.6) is 0 Å². The van der Waals surface area contributed by atoms with Gasteiger partial charge in [0, 0.05) is 37.1 Å². The third-order valence-corrected chi connectivity index (χ3v) is 4.58. The zero-order valence-corrected chi connectivity index (χ0v) is 13.4. The van der Waals surface area contributed by atoms with Crippen LogP contribution >= 0.6 is 0 Å². The Morgan fingerprint density at radius 3 is 3.09 bits per heavy atom. The first-order chi connectivity index (χ1) is 11.2. The van der Waals surface area contributed by atoms with E-state index in [1.54, 1.807) is 6.20 Å². The molecule has 2 heterocycles. The molecule has 23 heavy (non-hydrogen) atoms. The smallest absolute Gasteiger partial charge is 0.290 e. The van der Waals surface area contributed by atoms with Gasteiger partial charge in [-0.1, -0.05) is 12.5 Å². The summed E-state index contributed by atoms with van der Waals surface area (Å²) in [4.78, 5) is 33.1. The van der Waals surface area contributed by atoms with Crippen LogP contribution in [0.15, 0.2) is 28.8 Å². The molecule has 2 aliphatic rings. The number of allylic oxidation sites excluding steroid dienone is 1. The van der Waals surface area contributed by atoms with Crippen molar-refractivity contribution in [1.29, 1.82) is 0 Å². The van der Waals surface area contributed by atoms with Crippen molar-refractivity contribution in [2.45, 2.75) is 51.0 Å². The van der Waals surface area contributed by atoms with Crippen molar-refractivity contribution < 1.29 is 4.79 Å². The molecule has 1 atom stereocenters. The second-order valence-corrected chi connectivity index (χ2v) is 6.33. The maximum Gasteiger partial charge on any atom is 0.290 e. The average molecular weight is 316 g/mol. The van der Waals surface area contributed by atoms with Crippen LogP contribution in [-0.4, -0.2) is 35.0 Å². The van der Waals surface area contributed by atoms with Crippen LogP contribution in [0, 0.1) is 0 Å². The summed E-state index contributed by atoms with van der Waals surface area (Å²) in [6, 6.07) is 0.0711. The average Bonchev–Trinajstić information content (AvgIpc) is 2.85. The molecule has 6 nitrogen and oxygen atoms in total. The summed E-state index contributed by atoms with van der Waals surface area (Å²) in [7, 11) is 0. The summed E-state index contributed by atoms with van der Waals surface area (Å²) in [6.07, 6.45) is 12.5. The van der Waals surface area contributed by atoms with Gasteiger partial charge in [-0.05, 0) is 38.5 Å². The molecule has 1 saturated heterocycles. The lowest BCUT2D eigenvalue weighted by Crippen LogP contribution is -2.49. The number of carbonyl (C=O) groups excluding carboxylic acids is 1. The minimum absolute atomic E-state index is 0.0636. The highest BCUT2D eigenvalue weighted by Crippen LogP contribution is 2.19. The van der Waals surface area contributed by atoms with E-state index in [1.807, 2.05) is 4.90 Å². The van der Waals surface area contributed by atoms with Crippen LogP contribution in [0.1, 0.15) is 44.9 Å². The molecule has 6 heteroatoms. The standard InChI is InChI=1S/C17H24N4O2/c22-16(13-6-3-1-2-4-7-13)20-14-8-5-11-21(12-14)15-17(23)19-10-9-18-15/h6,9-10,14H,1-5,7-8,11-12H2,(H,19,23)(H,20,22). The van der Waals surface area contributed by atoms with Crippen LogP contribution in [-0.2, 0) is 4.79 Å². The van der Waals surface area contributed by atoms with Crippen molar-refractivity contribution >= 4 is 11.7 Å². The molecule has 1 aliphatic carbocycles. The Balaban J connectivity index is 1.62. The number of carbonyl (C=O) groups is 1. The SMILES string of the molecule is O=C(NC1CCCN(c2ncc[nH]c2=O)C1)C1=CCCCCC1. The van der Waals surface area contributed by atoms with E-state index in [0.29, 0.717) is 12.4 Å². The van der Waals surface area contributed by atoms with Crippen molar-refractivity contribution in [3.05, 3.63) is 34.4 Å². The van der Waals surface area contributed by atoms with Gasteiger partial charge in [0.2, 0.25) is 5.91 Å². The van der Waals surface area contributed by atoms with E-state index in [-0.39, 0.29) is 17.5 Å². The molecule has 1 aromatic rings. The van der Waals surface area contributed by atoms with Gasteiger partial charge in [-0.25, -0.2) is 4.98 Å². The van der Waals surface area contributed by atoms with Crippen LogP contribution in [0.25, 0.3) is 0 Å². The first-order valence-corrected chi connectivity index (χ1v) is 8.52. The topological polar surface area (TPSA) is 78.1 Å². The van der Waals surface area contributed by atoms with Gasteiger partial charge in [-0.15, -0.1) is 0 Å². The molecule has 0 aromatic carbocycles. The van der Waals surface area contributed by atoms with Crippen LogP contribution in [0.4, 0.5) is 5.82 Å². The molecule has 1 amide bonds. The molecule has 3 rings (SSSR count). The Hall–Kier alpha value is -2.11. The summed E-state index contributed by atoms with van der Waals surface area (Å²) >= 11 is 0. The van der Waals surface area contributed by atoms with Gasteiger partial charge in [0.1, 0.15) is 0 Å². The minimum atomic E-state index is -0.175. The molecule has 2 N–H and O–H groups in total. The van der Waals surface area contributed by atoms with Gasteiger partial charge in [-0.2, -0.15) is 0 Å². The van der Waals surface area contributed by atoms with Crippen molar-refractivity contribution in [2.24, 2.45) is 0 Å². The van der Waals surface area contributed by atoms with E-state index in [2.05, 4.69) is 21.4 Å². The van der Waals surface area contributed by atoms with E-state index < -0.39 is 0 Å². The van der Waals surface area contributed by atoms with Gasteiger partial charge in [0.15, 0.2) is 5.82 Å². The highest BCUT2D eigenvalue weighted by atomic mass is 16.2. The highest BCUT2D eigenvalue weighted by molar-refractivity contribution is 5.93. The number of hydrogen-bond acceptors (Lipinski definition) is 4. The van der Waals surface area contributed by atoms with E-state index in [1.165, 1.54) is 19.0 Å². The largest absolute Gasteiger partial charge is 0.350 e. The monoisotopic (exact) mass is 316 g/mol. The lowest BCUT2D eigenvalue weighted by molar-refractivity contribution is -0.118. The number of rotatable bonds is 3. The Morgan fingerprint density at radius 1 is 1.30 bits per heavy atom. The van der Waals surface area contributed by atoms with Gasteiger partial charge in [0.05, 0.1) is 0 Å². The van der Waals surface area contributed by atoms with Gasteiger partial charge < -0.3 is 15.2 Å². The molecule has 0 bridgehead atoms. The number of aromatic amines is 1. The number of nitrogens with one attached hydrogen (secondary N) is 2. The third kappa shape index (κ3) is 4.00. The molecule has 1 aromatic heterocycles. The van der Waals surface area contributed by atoms with Crippen LogP contribution in [0.3, 0.4) is 0 Å². The van der Waals surface area contributed by atoms with Gasteiger partial charge >= 0.3 is 0 Å². The van der Waals surface area contributed by atoms with Crippen LogP contribution < -0.4 is 15.8 Å². The number of nitrogens with zero attached hydrogens (tertiary/aromatic N) is 2. The molecule has 1 unspecified atom stereocenters. The Bertz CT molecular complexity index is 637. The molecular formula is C17H24N4O2. The van der Waals surface area contributed by atoms with E-state index in [9.17, 15) is 9.59 Å². The quantitative estimate of drug-likeness (QED) is 0.890.